The summed E-state index contributed by atoms with van der Waals surface area (Å²) < 4.78 is 10.7. The lowest BCUT2D eigenvalue weighted by atomic mass is 10.4. The molecule has 1 aromatic heterocycles. The van der Waals surface area contributed by atoms with Gasteiger partial charge in [0.2, 0.25) is 0 Å². The first kappa shape index (κ1) is 10.8. The average molecular weight is 223 g/mol. The van der Waals surface area contributed by atoms with Gasteiger partial charge in [-0.2, -0.15) is 0 Å². The molecule has 2 heterocycles. The van der Waals surface area contributed by atoms with Crippen molar-refractivity contribution in [2.45, 2.75) is 0 Å². The summed E-state index contributed by atoms with van der Waals surface area (Å²) in [5, 5.41) is 8.47. The molecule has 0 saturated carbocycles. The zero-order valence-electron chi connectivity index (χ0n) is 8.76. The first-order valence-corrected chi connectivity index (χ1v) is 5.09. The van der Waals surface area contributed by atoms with E-state index < -0.39 is 5.97 Å². The Kier molecular flexibility index (Phi) is 3.26. The number of hydrogen-bond donors (Lipinski definition) is 1. The molecule has 0 aromatic carbocycles. The van der Waals surface area contributed by atoms with E-state index in [-0.39, 0.29) is 0 Å². The van der Waals surface area contributed by atoms with Gasteiger partial charge in [-0.1, -0.05) is 0 Å². The lowest BCUT2D eigenvalue weighted by Gasteiger charge is -2.26. The Labute approximate surface area is 92.9 Å². The molecule has 1 aliphatic heterocycles. The Hall–Kier alpha value is -1.75. The molecule has 16 heavy (non-hydrogen) atoms. The van der Waals surface area contributed by atoms with Crippen LogP contribution in [0, 0.1) is 0 Å². The quantitative estimate of drug-likeness (QED) is 0.780. The highest BCUT2D eigenvalue weighted by Crippen LogP contribution is 2.20. The number of furan rings is 1. The van der Waals surface area contributed by atoms with Gasteiger partial charge in [0.1, 0.15) is 5.76 Å². The summed E-state index contributed by atoms with van der Waals surface area (Å²) in [7, 11) is 0. The summed E-state index contributed by atoms with van der Waals surface area (Å²) in [6.07, 6.45) is 2.49. The van der Waals surface area contributed by atoms with Crippen molar-refractivity contribution in [2.24, 2.45) is 0 Å². The Morgan fingerprint density at radius 3 is 2.81 bits per heavy atom. The van der Waals surface area contributed by atoms with E-state index in [2.05, 4.69) is 4.90 Å². The Morgan fingerprint density at radius 1 is 1.38 bits per heavy atom. The molecule has 5 heteroatoms. The molecule has 1 aliphatic rings. The second kappa shape index (κ2) is 4.85. The predicted octanol–water partition coefficient (Wildman–Crippen LogP) is 1.21. The first-order chi connectivity index (χ1) is 7.75. The van der Waals surface area contributed by atoms with Gasteiger partial charge in [-0.05, 0) is 12.1 Å². The first-order valence-electron chi connectivity index (χ1n) is 5.09. The number of carboxylic acids is 1. The van der Waals surface area contributed by atoms with Crippen molar-refractivity contribution in [3.63, 3.8) is 0 Å². The molecule has 1 aromatic rings. The third-order valence-corrected chi connectivity index (χ3v) is 2.33. The number of rotatable bonds is 3. The van der Waals surface area contributed by atoms with Crippen molar-refractivity contribution >= 4 is 17.9 Å². The maximum atomic E-state index is 10.3. The summed E-state index contributed by atoms with van der Waals surface area (Å²) >= 11 is 0. The minimum Gasteiger partial charge on any atom is -0.478 e. The average Bonchev–Trinajstić information content (AvgIpc) is 2.76. The molecule has 0 aliphatic carbocycles. The number of carboxylic acid groups (broad SMARTS) is 1. The molecule has 0 spiro atoms. The Bertz CT molecular complexity index is 390. The number of ether oxygens (including phenoxy) is 1. The van der Waals surface area contributed by atoms with Crippen LogP contribution in [0.2, 0.25) is 0 Å². The third kappa shape index (κ3) is 2.64. The fourth-order valence-corrected chi connectivity index (χ4v) is 1.54. The van der Waals surface area contributed by atoms with Crippen molar-refractivity contribution < 1.29 is 19.1 Å². The fraction of sp³-hybridized carbons (Fsp3) is 0.364. The van der Waals surface area contributed by atoms with Crippen LogP contribution in [0.3, 0.4) is 0 Å². The molecular weight excluding hydrogens is 210 g/mol. The van der Waals surface area contributed by atoms with Crippen molar-refractivity contribution in [3.8, 4) is 0 Å². The summed E-state index contributed by atoms with van der Waals surface area (Å²) in [6.45, 7) is 2.99. The lowest BCUT2D eigenvalue weighted by molar-refractivity contribution is -0.131. The van der Waals surface area contributed by atoms with Crippen LogP contribution in [0.1, 0.15) is 5.76 Å². The number of carbonyl (C=O) groups is 1. The molecule has 5 nitrogen and oxygen atoms in total. The van der Waals surface area contributed by atoms with Crippen LogP contribution in [-0.4, -0.2) is 37.4 Å². The highest BCUT2D eigenvalue weighted by atomic mass is 16.5. The van der Waals surface area contributed by atoms with Crippen LogP contribution in [0.25, 0.3) is 6.08 Å². The molecule has 1 fully saturated rings. The molecule has 0 radical (unpaired) electrons. The third-order valence-electron chi connectivity index (χ3n) is 2.33. The maximum absolute atomic E-state index is 10.3. The summed E-state index contributed by atoms with van der Waals surface area (Å²) in [4.78, 5) is 12.4. The molecule has 0 unspecified atom stereocenters. The number of hydrogen-bond acceptors (Lipinski definition) is 4. The second-order valence-electron chi connectivity index (χ2n) is 3.45. The molecule has 2 rings (SSSR count). The van der Waals surface area contributed by atoms with Crippen molar-refractivity contribution in [2.75, 3.05) is 31.2 Å². The van der Waals surface area contributed by atoms with Gasteiger partial charge in [0, 0.05) is 25.2 Å². The minimum atomic E-state index is -0.982. The van der Waals surface area contributed by atoms with E-state index in [1.165, 1.54) is 6.08 Å². The molecule has 0 atom stereocenters. The molecule has 1 saturated heterocycles. The molecule has 1 N–H and O–H groups in total. The van der Waals surface area contributed by atoms with Gasteiger partial charge in [-0.3, -0.25) is 0 Å². The normalized spacial score (nSPS) is 16.9. The predicted molar refractivity (Wildman–Crippen MR) is 58.4 cm³/mol. The van der Waals surface area contributed by atoms with E-state index >= 15 is 0 Å². The van der Waals surface area contributed by atoms with Crippen LogP contribution in [0.4, 0.5) is 5.88 Å². The number of morpholine rings is 1. The molecule has 0 amide bonds. The highest BCUT2D eigenvalue weighted by molar-refractivity contribution is 5.84. The van der Waals surface area contributed by atoms with E-state index in [1.807, 2.05) is 6.07 Å². The summed E-state index contributed by atoms with van der Waals surface area (Å²) in [5.74, 6) is 0.321. The highest BCUT2D eigenvalue weighted by Gasteiger charge is 2.13. The number of aliphatic carboxylic acids is 1. The van der Waals surface area contributed by atoms with Gasteiger partial charge in [-0.15, -0.1) is 0 Å². The van der Waals surface area contributed by atoms with Crippen molar-refractivity contribution in [3.05, 3.63) is 24.0 Å². The van der Waals surface area contributed by atoms with Crippen LogP contribution in [-0.2, 0) is 9.53 Å². The molecule has 86 valence electrons. The van der Waals surface area contributed by atoms with Gasteiger partial charge in [-0.25, -0.2) is 4.79 Å². The zero-order valence-corrected chi connectivity index (χ0v) is 8.76. The van der Waals surface area contributed by atoms with Gasteiger partial charge < -0.3 is 19.2 Å². The largest absolute Gasteiger partial charge is 0.478 e. The maximum Gasteiger partial charge on any atom is 0.328 e. The van der Waals surface area contributed by atoms with Gasteiger partial charge in [0.25, 0.3) is 0 Å². The summed E-state index contributed by atoms with van der Waals surface area (Å²) in [6, 6.07) is 3.59. The minimum absolute atomic E-state index is 0.545. The van der Waals surface area contributed by atoms with E-state index in [0.717, 1.165) is 25.0 Å². The number of anilines is 1. The number of nitrogens with zero attached hydrogens (tertiary/aromatic N) is 1. The van der Waals surface area contributed by atoms with E-state index in [9.17, 15) is 4.79 Å². The van der Waals surface area contributed by atoms with Crippen LogP contribution in [0.5, 0.6) is 0 Å². The van der Waals surface area contributed by atoms with Crippen LogP contribution in [0.15, 0.2) is 22.6 Å². The second-order valence-corrected chi connectivity index (χ2v) is 3.45. The van der Waals surface area contributed by atoms with E-state index in [0.29, 0.717) is 19.0 Å². The van der Waals surface area contributed by atoms with Crippen molar-refractivity contribution in [1.82, 2.24) is 0 Å². The Balaban J connectivity index is 2.03. The standard InChI is InChI=1S/C11H13NO4/c13-11(14)4-2-9-1-3-10(16-9)12-5-7-15-8-6-12/h1-4H,5-8H2,(H,13,14)/b4-2+. The van der Waals surface area contributed by atoms with E-state index in [4.69, 9.17) is 14.3 Å². The van der Waals surface area contributed by atoms with Gasteiger partial charge >= 0.3 is 5.97 Å². The Morgan fingerprint density at radius 2 is 2.12 bits per heavy atom. The fourth-order valence-electron chi connectivity index (χ4n) is 1.54. The smallest absolute Gasteiger partial charge is 0.328 e. The van der Waals surface area contributed by atoms with Crippen LogP contribution < -0.4 is 4.90 Å². The SMILES string of the molecule is O=C(O)/C=C/c1ccc(N2CCOCC2)o1. The monoisotopic (exact) mass is 223 g/mol. The lowest BCUT2D eigenvalue weighted by Crippen LogP contribution is -2.35. The zero-order chi connectivity index (χ0) is 11.4. The van der Waals surface area contributed by atoms with Gasteiger partial charge in [0.05, 0.1) is 13.2 Å². The molecule has 0 bridgehead atoms. The topological polar surface area (TPSA) is 62.9 Å². The van der Waals surface area contributed by atoms with Crippen LogP contribution >= 0.6 is 0 Å². The molecular formula is C11H13NO4. The van der Waals surface area contributed by atoms with E-state index in [1.54, 1.807) is 6.07 Å². The van der Waals surface area contributed by atoms with Crippen molar-refractivity contribution in [1.29, 1.82) is 0 Å². The van der Waals surface area contributed by atoms with Gasteiger partial charge in [0.15, 0.2) is 5.88 Å². The summed E-state index contributed by atoms with van der Waals surface area (Å²) in [5.41, 5.74) is 0.